The lowest BCUT2D eigenvalue weighted by molar-refractivity contribution is -0.135. The predicted octanol–water partition coefficient (Wildman–Crippen LogP) is 3.39. The van der Waals surface area contributed by atoms with Crippen LogP contribution in [0.2, 0.25) is 0 Å². The Morgan fingerprint density at radius 3 is 2.48 bits per heavy atom. The summed E-state index contributed by atoms with van der Waals surface area (Å²) in [7, 11) is 0. The van der Waals surface area contributed by atoms with Gasteiger partial charge in [-0.15, -0.1) is 0 Å². The molecule has 1 atom stereocenters. The average molecular weight is 392 g/mol. The topological polar surface area (TPSA) is 49.9 Å². The minimum atomic E-state index is -0.391. The molecule has 0 aliphatic carbocycles. The molecule has 0 bridgehead atoms. The molecule has 0 radical (unpaired) electrons. The molecule has 2 saturated heterocycles. The van der Waals surface area contributed by atoms with Gasteiger partial charge in [-0.1, -0.05) is 30.3 Å². The van der Waals surface area contributed by atoms with Crippen LogP contribution in [0.3, 0.4) is 0 Å². The van der Waals surface area contributed by atoms with Gasteiger partial charge in [-0.25, -0.2) is 0 Å². The Morgan fingerprint density at radius 2 is 1.76 bits per heavy atom. The molecule has 0 N–H and O–H groups in total. The maximum atomic E-state index is 13.1. The summed E-state index contributed by atoms with van der Waals surface area (Å²) < 4.78 is 5.45. The Hall–Kier alpha value is -2.82. The molecule has 0 aromatic heterocycles. The smallest absolute Gasteiger partial charge is 0.253 e. The highest BCUT2D eigenvalue weighted by atomic mass is 16.5. The SMILES string of the molecule is CCOc1ccc(C(=O)N2CCC3(CCN(CCc4ccccc4)C3=O)C2)cc1. The molecule has 1 unspecified atom stereocenters. The Balaban J connectivity index is 1.37. The number of ether oxygens (including phenoxy) is 1. The van der Waals surface area contributed by atoms with Crippen molar-refractivity contribution in [1.82, 2.24) is 9.80 Å². The van der Waals surface area contributed by atoms with Crippen LogP contribution in [0.1, 0.15) is 35.7 Å². The monoisotopic (exact) mass is 392 g/mol. The zero-order valence-electron chi connectivity index (χ0n) is 17.0. The molecule has 29 heavy (non-hydrogen) atoms. The Kier molecular flexibility index (Phi) is 5.56. The first-order valence-corrected chi connectivity index (χ1v) is 10.5. The van der Waals surface area contributed by atoms with E-state index >= 15 is 0 Å². The van der Waals surface area contributed by atoms with E-state index in [4.69, 9.17) is 4.74 Å². The molecule has 4 rings (SSSR count). The molecule has 2 aromatic carbocycles. The van der Waals surface area contributed by atoms with E-state index in [-0.39, 0.29) is 11.8 Å². The summed E-state index contributed by atoms with van der Waals surface area (Å²) in [6.07, 6.45) is 2.47. The second-order valence-electron chi connectivity index (χ2n) is 7.99. The van der Waals surface area contributed by atoms with Gasteiger partial charge in [0.2, 0.25) is 5.91 Å². The number of benzene rings is 2. The van der Waals surface area contributed by atoms with Crippen molar-refractivity contribution in [3.05, 3.63) is 65.7 Å². The van der Waals surface area contributed by atoms with Gasteiger partial charge < -0.3 is 14.5 Å². The summed E-state index contributed by atoms with van der Waals surface area (Å²) in [5.41, 5.74) is 1.51. The van der Waals surface area contributed by atoms with Crippen molar-refractivity contribution in [2.45, 2.75) is 26.2 Å². The third kappa shape index (κ3) is 4.00. The fraction of sp³-hybridized carbons (Fsp3) is 0.417. The van der Waals surface area contributed by atoms with E-state index in [0.29, 0.717) is 25.3 Å². The van der Waals surface area contributed by atoms with E-state index in [2.05, 4.69) is 12.1 Å². The lowest BCUT2D eigenvalue weighted by Crippen LogP contribution is -2.39. The third-order valence-corrected chi connectivity index (χ3v) is 6.17. The lowest BCUT2D eigenvalue weighted by Gasteiger charge is -2.24. The van der Waals surface area contributed by atoms with E-state index in [1.165, 1.54) is 5.56 Å². The highest BCUT2D eigenvalue weighted by Crippen LogP contribution is 2.41. The van der Waals surface area contributed by atoms with Crippen LogP contribution < -0.4 is 4.74 Å². The van der Waals surface area contributed by atoms with Crippen molar-refractivity contribution in [2.24, 2.45) is 5.41 Å². The predicted molar refractivity (Wildman–Crippen MR) is 112 cm³/mol. The average Bonchev–Trinajstić information content (AvgIpc) is 3.32. The van der Waals surface area contributed by atoms with Gasteiger partial charge in [0.15, 0.2) is 0 Å². The van der Waals surface area contributed by atoms with Gasteiger partial charge in [0.05, 0.1) is 12.0 Å². The summed E-state index contributed by atoms with van der Waals surface area (Å²) in [6, 6.07) is 17.5. The Bertz CT molecular complexity index is 865. The molecule has 2 amide bonds. The molecular weight excluding hydrogens is 364 g/mol. The number of nitrogens with zero attached hydrogens (tertiary/aromatic N) is 2. The van der Waals surface area contributed by atoms with Crippen molar-refractivity contribution in [3.8, 4) is 5.75 Å². The van der Waals surface area contributed by atoms with Crippen molar-refractivity contribution in [2.75, 3.05) is 32.8 Å². The maximum absolute atomic E-state index is 13.1. The van der Waals surface area contributed by atoms with Crippen LogP contribution in [0.4, 0.5) is 0 Å². The minimum Gasteiger partial charge on any atom is -0.494 e. The highest BCUT2D eigenvalue weighted by Gasteiger charge is 2.51. The van der Waals surface area contributed by atoms with Crippen LogP contribution >= 0.6 is 0 Å². The van der Waals surface area contributed by atoms with Gasteiger partial charge in [0, 0.05) is 31.7 Å². The van der Waals surface area contributed by atoms with Crippen LogP contribution in [-0.2, 0) is 11.2 Å². The molecule has 2 aromatic rings. The first kappa shape index (κ1) is 19.5. The summed E-state index contributed by atoms with van der Waals surface area (Å²) in [5.74, 6) is 0.984. The molecule has 152 valence electrons. The van der Waals surface area contributed by atoms with Crippen LogP contribution in [0.15, 0.2) is 54.6 Å². The zero-order valence-corrected chi connectivity index (χ0v) is 17.0. The van der Waals surface area contributed by atoms with E-state index in [1.807, 2.05) is 47.1 Å². The number of hydrogen-bond acceptors (Lipinski definition) is 3. The summed E-state index contributed by atoms with van der Waals surface area (Å²) in [5, 5.41) is 0. The molecule has 5 nitrogen and oxygen atoms in total. The Morgan fingerprint density at radius 1 is 1.03 bits per heavy atom. The van der Waals surface area contributed by atoms with E-state index in [9.17, 15) is 9.59 Å². The molecular formula is C24H28N2O3. The fourth-order valence-corrected chi connectivity index (χ4v) is 4.48. The number of carbonyl (C=O) groups is 2. The molecule has 2 heterocycles. The normalized spacial score (nSPS) is 21.2. The number of rotatable bonds is 6. The molecule has 5 heteroatoms. The first-order chi connectivity index (χ1) is 14.1. The van der Waals surface area contributed by atoms with Crippen molar-refractivity contribution < 1.29 is 14.3 Å². The quantitative estimate of drug-likeness (QED) is 0.757. The van der Waals surface area contributed by atoms with Crippen LogP contribution in [0.5, 0.6) is 5.75 Å². The number of hydrogen-bond donors (Lipinski definition) is 0. The fourth-order valence-electron chi connectivity index (χ4n) is 4.48. The molecule has 0 saturated carbocycles. The molecule has 2 aliphatic rings. The van der Waals surface area contributed by atoms with Gasteiger partial charge >= 0.3 is 0 Å². The standard InChI is InChI=1S/C24H28N2O3/c1-2-29-21-10-8-20(9-11-21)22(27)26-17-14-24(18-26)13-16-25(23(24)28)15-12-19-6-4-3-5-7-19/h3-11H,2,12-18H2,1H3. The maximum Gasteiger partial charge on any atom is 0.253 e. The van der Waals surface area contributed by atoms with Gasteiger partial charge in [-0.05, 0) is 56.0 Å². The van der Waals surface area contributed by atoms with Gasteiger partial charge in [0.1, 0.15) is 5.75 Å². The third-order valence-electron chi connectivity index (χ3n) is 6.17. The second-order valence-corrected chi connectivity index (χ2v) is 7.99. The summed E-state index contributed by atoms with van der Waals surface area (Å²) in [4.78, 5) is 29.9. The summed E-state index contributed by atoms with van der Waals surface area (Å²) in [6.45, 7) is 5.24. The Labute approximate surface area is 172 Å². The number of likely N-dealkylation sites (tertiary alicyclic amines) is 2. The van der Waals surface area contributed by atoms with E-state index < -0.39 is 5.41 Å². The van der Waals surface area contributed by atoms with E-state index in [0.717, 1.165) is 38.1 Å². The highest BCUT2D eigenvalue weighted by molar-refractivity contribution is 5.95. The van der Waals surface area contributed by atoms with Crippen LogP contribution in [0, 0.1) is 5.41 Å². The van der Waals surface area contributed by atoms with E-state index in [1.54, 1.807) is 12.1 Å². The van der Waals surface area contributed by atoms with Crippen molar-refractivity contribution in [1.29, 1.82) is 0 Å². The van der Waals surface area contributed by atoms with Crippen LogP contribution in [0.25, 0.3) is 0 Å². The van der Waals surface area contributed by atoms with Crippen LogP contribution in [-0.4, -0.2) is 54.4 Å². The minimum absolute atomic E-state index is 0.000425. The van der Waals surface area contributed by atoms with Crippen molar-refractivity contribution >= 4 is 11.8 Å². The van der Waals surface area contributed by atoms with Crippen molar-refractivity contribution in [3.63, 3.8) is 0 Å². The first-order valence-electron chi connectivity index (χ1n) is 10.5. The lowest BCUT2D eigenvalue weighted by atomic mass is 9.85. The summed E-state index contributed by atoms with van der Waals surface area (Å²) >= 11 is 0. The second kappa shape index (κ2) is 8.27. The molecule has 2 aliphatic heterocycles. The van der Waals surface area contributed by atoms with Gasteiger partial charge in [0.25, 0.3) is 5.91 Å². The zero-order chi connectivity index (χ0) is 20.3. The number of carbonyl (C=O) groups excluding carboxylic acids is 2. The molecule has 2 fully saturated rings. The number of amides is 2. The largest absolute Gasteiger partial charge is 0.494 e. The van der Waals surface area contributed by atoms with Gasteiger partial charge in [-0.2, -0.15) is 0 Å². The van der Waals surface area contributed by atoms with Gasteiger partial charge in [-0.3, -0.25) is 9.59 Å². The molecule has 1 spiro atoms.